The third kappa shape index (κ3) is 5.20. The van der Waals surface area contributed by atoms with Gasteiger partial charge in [0.2, 0.25) is 5.91 Å². The van der Waals surface area contributed by atoms with Crippen molar-refractivity contribution in [2.45, 2.75) is 19.8 Å². The van der Waals surface area contributed by atoms with Gasteiger partial charge in [0.25, 0.3) is 5.91 Å². The summed E-state index contributed by atoms with van der Waals surface area (Å²) in [5, 5.41) is 6.61. The van der Waals surface area contributed by atoms with Crippen LogP contribution in [0.2, 0.25) is 0 Å². The quantitative estimate of drug-likeness (QED) is 0.484. The zero-order valence-corrected chi connectivity index (χ0v) is 20.2. The van der Waals surface area contributed by atoms with Gasteiger partial charge in [-0.2, -0.15) is 5.10 Å². The van der Waals surface area contributed by atoms with E-state index in [2.05, 4.69) is 5.10 Å². The van der Waals surface area contributed by atoms with Gasteiger partial charge in [0.05, 0.1) is 35.2 Å². The van der Waals surface area contributed by atoms with Crippen LogP contribution in [0, 0.1) is 5.92 Å². The first-order valence-electron chi connectivity index (χ1n) is 11.4. The first kappa shape index (κ1) is 23.7. The summed E-state index contributed by atoms with van der Waals surface area (Å²) in [6.07, 6.45) is 3.16. The zero-order chi connectivity index (χ0) is 24.1. The predicted molar refractivity (Wildman–Crippen MR) is 130 cm³/mol. The molecule has 1 unspecified atom stereocenters. The van der Waals surface area contributed by atoms with Gasteiger partial charge in [0.1, 0.15) is 5.69 Å². The van der Waals surface area contributed by atoms with Gasteiger partial charge in [0, 0.05) is 26.3 Å². The van der Waals surface area contributed by atoms with Crippen LogP contribution in [0.15, 0.2) is 54.0 Å². The molecule has 0 N–H and O–H groups in total. The number of ether oxygens (including phenoxy) is 1. The van der Waals surface area contributed by atoms with Crippen molar-refractivity contribution < 1.29 is 19.1 Å². The molecule has 4 rings (SSSR count). The molecule has 3 heterocycles. The summed E-state index contributed by atoms with van der Waals surface area (Å²) < 4.78 is 6.81. The number of piperidine rings is 1. The fourth-order valence-electron chi connectivity index (χ4n) is 4.08. The number of nitrogens with zero attached hydrogens (tertiary/aromatic N) is 4. The Kier molecular flexibility index (Phi) is 7.42. The molecule has 1 aliphatic rings. The number of carbonyl (C=O) groups excluding carboxylic acids is 3. The standard InChI is InChI=1S/C25H28N4O4S/c1-3-33-25(32)18-9-7-13-28(15-18)22(30)17-27(2)24(31)20-16-29(19-10-5-4-6-11-19)26-23(20)21-12-8-14-34-21/h4-6,8,10-12,14,16,18H,3,7,9,13,15,17H2,1-2H3. The molecule has 3 aromatic rings. The Morgan fingerprint density at radius 1 is 1.18 bits per heavy atom. The second-order valence-electron chi connectivity index (χ2n) is 8.24. The third-order valence-electron chi connectivity index (χ3n) is 5.83. The molecule has 1 atom stereocenters. The minimum atomic E-state index is -0.312. The van der Waals surface area contributed by atoms with Crippen molar-refractivity contribution >= 4 is 29.1 Å². The molecule has 0 aliphatic carbocycles. The van der Waals surface area contributed by atoms with Crippen LogP contribution < -0.4 is 0 Å². The van der Waals surface area contributed by atoms with Gasteiger partial charge in [-0.25, -0.2) is 4.68 Å². The van der Waals surface area contributed by atoms with Gasteiger partial charge >= 0.3 is 5.97 Å². The maximum absolute atomic E-state index is 13.4. The maximum Gasteiger partial charge on any atom is 0.310 e. The topological polar surface area (TPSA) is 84.7 Å². The smallest absolute Gasteiger partial charge is 0.310 e. The third-order valence-corrected chi connectivity index (χ3v) is 6.71. The first-order chi connectivity index (χ1) is 16.5. The molecule has 34 heavy (non-hydrogen) atoms. The monoisotopic (exact) mass is 480 g/mol. The minimum absolute atomic E-state index is 0.0746. The summed E-state index contributed by atoms with van der Waals surface area (Å²) in [6.45, 7) is 2.92. The van der Waals surface area contributed by atoms with Crippen molar-refractivity contribution in [2.75, 3.05) is 33.3 Å². The fraction of sp³-hybridized carbons (Fsp3) is 0.360. The van der Waals surface area contributed by atoms with E-state index in [-0.39, 0.29) is 30.2 Å². The van der Waals surface area contributed by atoms with Gasteiger partial charge in [-0.1, -0.05) is 24.3 Å². The van der Waals surface area contributed by atoms with Crippen LogP contribution in [0.4, 0.5) is 0 Å². The maximum atomic E-state index is 13.4. The lowest BCUT2D eigenvalue weighted by molar-refractivity contribution is -0.151. The molecule has 9 heteroatoms. The van der Waals surface area contributed by atoms with Crippen LogP contribution in [0.3, 0.4) is 0 Å². The Bertz CT molecular complexity index is 1140. The van der Waals surface area contributed by atoms with Crippen molar-refractivity contribution in [1.29, 1.82) is 0 Å². The van der Waals surface area contributed by atoms with Crippen molar-refractivity contribution in [3.8, 4) is 16.3 Å². The number of benzene rings is 1. The number of aromatic nitrogens is 2. The minimum Gasteiger partial charge on any atom is -0.466 e. The van der Waals surface area contributed by atoms with Crippen LogP contribution in [0.5, 0.6) is 0 Å². The number of thiophene rings is 1. The number of carbonyl (C=O) groups is 3. The van der Waals surface area contributed by atoms with Crippen molar-refractivity contribution in [2.24, 2.45) is 5.92 Å². The Morgan fingerprint density at radius 3 is 2.68 bits per heavy atom. The summed E-state index contributed by atoms with van der Waals surface area (Å²) in [6, 6.07) is 13.4. The highest BCUT2D eigenvalue weighted by Gasteiger charge is 2.31. The summed E-state index contributed by atoms with van der Waals surface area (Å²) in [7, 11) is 1.62. The molecular weight excluding hydrogens is 452 g/mol. The van der Waals surface area contributed by atoms with Crippen molar-refractivity contribution in [1.82, 2.24) is 19.6 Å². The highest BCUT2D eigenvalue weighted by atomic mass is 32.1. The number of esters is 1. The van der Waals surface area contributed by atoms with E-state index in [1.165, 1.54) is 16.2 Å². The lowest BCUT2D eigenvalue weighted by Crippen LogP contribution is -2.47. The Balaban J connectivity index is 1.50. The normalized spacial score (nSPS) is 15.7. The van der Waals surface area contributed by atoms with Gasteiger partial charge in [0.15, 0.2) is 0 Å². The van der Waals surface area contributed by atoms with Gasteiger partial charge in [-0.05, 0) is 43.3 Å². The van der Waals surface area contributed by atoms with E-state index in [1.807, 2.05) is 47.8 Å². The van der Waals surface area contributed by atoms with E-state index in [1.54, 1.807) is 29.7 Å². The Labute approximate surface area is 202 Å². The SMILES string of the molecule is CCOC(=O)C1CCCN(C(=O)CN(C)C(=O)c2cn(-c3ccccc3)nc2-c2cccs2)C1. The Hall–Kier alpha value is -3.46. The highest BCUT2D eigenvalue weighted by molar-refractivity contribution is 7.13. The number of likely N-dealkylation sites (tertiary alicyclic amines) is 1. The van der Waals surface area contributed by atoms with E-state index in [0.717, 1.165) is 17.0 Å². The van der Waals surface area contributed by atoms with E-state index in [0.29, 0.717) is 37.4 Å². The summed E-state index contributed by atoms with van der Waals surface area (Å²) in [4.78, 5) is 42.5. The molecule has 2 amide bonds. The lowest BCUT2D eigenvalue weighted by Gasteiger charge is -2.32. The number of para-hydroxylation sites is 1. The highest BCUT2D eigenvalue weighted by Crippen LogP contribution is 2.28. The van der Waals surface area contributed by atoms with Gasteiger partial charge in [-0.15, -0.1) is 11.3 Å². The summed E-state index contributed by atoms with van der Waals surface area (Å²) >= 11 is 1.51. The van der Waals surface area contributed by atoms with Crippen LogP contribution in [-0.4, -0.2) is 70.7 Å². The van der Waals surface area contributed by atoms with Crippen molar-refractivity contribution in [3.63, 3.8) is 0 Å². The molecule has 0 bridgehead atoms. The van der Waals surface area contributed by atoms with Crippen LogP contribution in [0.25, 0.3) is 16.3 Å². The second kappa shape index (κ2) is 10.6. The molecule has 1 aliphatic heterocycles. The Morgan fingerprint density at radius 2 is 1.97 bits per heavy atom. The number of hydrogen-bond acceptors (Lipinski definition) is 6. The molecule has 8 nitrogen and oxygen atoms in total. The van der Waals surface area contributed by atoms with Gasteiger partial charge < -0.3 is 14.5 Å². The molecular formula is C25H28N4O4S. The molecule has 178 valence electrons. The molecule has 1 fully saturated rings. The average molecular weight is 481 g/mol. The number of amides is 2. The first-order valence-corrected chi connectivity index (χ1v) is 12.2. The molecule has 0 saturated carbocycles. The van der Waals surface area contributed by atoms with Gasteiger partial charge in [-0.3, -0.25) is 14.4 Å². The van der Waals surface area contributed by atoms with Crippen LogP contribution in [-0.2, 0) is 14.3 Å². The van der Waals surface area contributed by atoms with Crippen molar-refractivity contribution in [3.05, 3.63) is 59.6 Å². The summed E-state index contributed by atoms with van der Waals surface area (Å²) in [5.41, 5.74) is 1.87. The second-order valence-corrected chi connectivity index (χ2v) is 9.19. The van der Waals surface area contributed by atoms with E-state index in [9.17, 15) is 14.4 Å². The van der Waals surface area contributed by atoms with Crippen LogP contribution >= 0.6 is 11.3 Å². The summed E-state index contributed by atoms with van der Waals surface area (Å²) in [5.74, 6) is -1.04. The molecule has 0 radical (unpaired) electrons. The van der Waals surface area contributed by atoms with Crippen LogP contribution in [0.1, 0.15) is 30.1 Å². The predicted octanol–water partition coefficient (Wildman–Crippen LogP) is 3.47. The number of likely N-dealkylation sites (N-methyl/N-ethyl adjacent to an activating group) is 1. The largest absolute Gasteiger partial charge is 0.466 e. The van der Waals surface area contributed by atoms with E-state index in [4.69, 9.17) is 4.74 Å². The molecule has 0 spiro atoms. The zero-order valence-electron chi connectivity index (χ0n) is 19.3. The molecule has 1 aromatic carbocycles. The molecule has 1 saturated heterocycles. The van der Waals surface area contributed by atoms with E-state index >= 15 is 0 Å². The molecule has 2 aromatic heterocycles. The van der Waals surface area contributed by atoms with E-state index < -0.39 is 0 Å². The average Bonchev–Trinajstić information content (AvgIpc) is 3.54. The number of hydrogen-bond donors (Lipinski definition) is 0. The number of rotatable bonds is 7. The lowest BCUT2D eigenvalue weighted by atomic mass is 9.98. The fourth-order valence-corrected chi connectivity index (χ4v) is 4.80.